The third-order valence-electron chi connectivity index (χ3n) is 7.12. The second-order valence-electron chi connectivity index (χ2n) is 11.8. The van der Waals surface area contributed by atoms with E-state index in [1.807, 2.05) is 94.4 Å². The summed E-state index contributed by atoms with van der Waals surface area (Å²) in [5.41, 5.74) is 1.64. The molecule has 41 heavy (non-hydrogen) atoms. The first-order chi connectivity index (χ1) is 19.4. The van der Waals surface area contributed by atoms with Crippen LogP contribution in [0.25, 0.3) is 10.8 Å². The Morgan fingerprint density at radius 3 is 2.27 bits per heavy atom. The molecule has 0 saturated carbocycles. The molecule has 3 atom stereocenters. The molecule has 3 rings (SSSR count). The highest BCUT2D eigenvalue weighted by atomic mass is 16.6. The Bertz CT molecular complexity index is 1350. The van der Waals surface area contributed by atoms with Crippen molar-refractivity contribution in [2.75, 3.05) is 11.9 Å². The molecule has 2 N–H and O–H groups in total. The predicted octanol–water partition coefficient (Wildman–Crippen LogP) is 7.40. The molecule has 0 aliphatic rings. The number of nitrogens with one attached hydrogen (secondary N) is 2. The molecule has 3 aromatic carbocycles. The van der Waals surface area contributed by atoms with Gasteiger partial charge in [-0.2, -0.15) is 0 Å². The molecule has 0 heterocycles. The Morgan fingerprint density at radius 1 is 0.927 bits per heavy atom. The van der Waals surface area contributed by atoms with Crippen molar-refractivity contribution in [1.29, 1.82) is 0 Å². The number of benzene rings is 3. The van der Waals surface area contributed by atoms with E-state index >= 15 is 0 Å². The summed E-state index contributed by atoms with van der Waals surface area (Å²) in [4.78, 5) is 42.9. The van der Waals surface area contributed by atoms with Crippen molar-refractivity contribution in [3.8, 4) is 0 Å². The van der Waals surface area contributed by atoms with Crippen molar-refractivity contribution < 1.29 is 19.1 Å². The maximum atomic E-state index is 14.4. The van der Waals surface area contributed by atoms with Crippen molar-refractivity contribution in [2.45, 2.75) is 85.4 Å². The second kappa shape index (κ2) is 14.2. The van der Waals surface area contributed by atoms with Gasteiger partial charge in [-0.15, -0.1) is 0 Å². The van der Waals surface area contributed by atoms with Crippen LogP contribution in [0.4, 0.5) is 10.5 Å². The standard InChI is InChI=1S/C34H45N3O4/c1-8-10-20-37(32(39)29(24(4)9-2)36-33(40)41-34(5,6)7)30(27-17-13-14-23(3)21-27)31(38)35-28-19-18-25-15-11-12-16-26(25)22-28/h11-19,21-22,24,29-30H,8-10,20H2,1-7H3,(H,35,38)(H,36,40). The maximum absolute atomic E-state index is 14.4. The largest absolute Gasteiger partial charge is 0.444 e. The van der Waals surface area contributed by atoms with E-state index in [4.69, 9.17) is 4.74 Å². The average Bonchev–Trinajstić information content (AvgIpc) is 2.92. The number of amides is 3. The number of nitrogens with zero attached hydrogens (tertiary/aromatic N) is 1. The van der Waals surface area contributed by atoms with Crippen LogP contribution in [-0.2, 0) is 14.3 Å². The van der Waals surface area contributed by atoms with Gasteiger partial charge in [0, 0.05) is 12.2 Å². The molecule has 7 heteroatoms. The molecule has 0 saturated heterocycles. The van der Waals surface area contributed by atoms with E-state index < -0.39 is 23.8 Å². The third-order valence-corrected chi connectivity index (χ3v) is 7.12. The van der Waals surface area contributed by atoms with Gasteiger partial charge in [-0.25, -0.2) is 4.79 Å². The SMILES string of the molecule is CCCCN(C(=O)C(NC(=O)OC(C)(C)C)C(C)CC)C(C(=O)Nc1ccc2ccccc2c1)c1cccc(C)c1. The minimum Gasteiger partial charge on any atom is -0.444 e. The Morgan fingerprint density at radius 2 is 1.63 bits per heavy atom. The van der Waals surface area contributed by atoms with Gasteiger partial charge >= 0.3 is 6.09 Å². The first kappa shape index (κ1) is 31.7. The molecule has 3 amide bonds. The monoisotopic (exact) mass is 559 g/mol. The zero-order chi connectivity index (χ0) is 30.2. The van der Waals surface area contributed by atoms with E-state index in [1.165, 1.54) is 0 Å². The number of carbonyl (C=O) groups excluding carboxylic acids is 3. The van der Waals surface area contributed by atoms with Crippen LogP contribution >= 0.6 is 0 Å². The highest BCUT2D eigenvalue weighted by molar-refractivity contribution is 6.00. The van der Waals surface area contributed by atoms with Gasteiger partial charge in [0.05, 0.1) is 0 Å². The molecule has 0 aliphatic heterocycles. The minimum atomic E-state index is -0.896. The first-order valence-corrected chi connectivity index (χ1v) is 14.6. The Balaban J connectivity index is 2.03. The average molecular weight is 560 g/mol. The van der Waals surface area contributed by atoms with Gasteiger partial charge < -0.3 is 20.3 Å². The predicted molar refractivity (Wildman–Crippen MR) is 166 cm³/mol. The summed E-state index contributed by atoms with van der Waals surface area (Å²) in [6.45, 7) is 13.6. The fourth-order valence-corrected chi connectivity index (χ4v) is 4.78. The molecule has 3 unspecified atom stereocenters. The van der Waals surface area contributed by atoms with E-state index in [1.54, 1.807) is 25.7 Å². The van der Waals surface area contributed by atoms with E-state index in [9.17, 15) is 14.4 Å². The molecule has 0 fully saturated rings. The van der Waals surface area contributed by atoms with Crippen LogP contribution < -0.4 is 10.6 Å². The van der Waals surface area contributed by atoms with E-state index in [0.717, 1.165) is 22.8 Å². The number of unbranched alkanes of at least 4 members (excludes halogenated alkanes) is 1. The quantitative estimate of drug-likeness (QED) is 0.256. The lowest BCUT2D eigenvalue weighted by molar-refractivity contribution is -0.142. The van der Waals surface area contributed by atoms with Crippen molar-refractivity contribution in [2.24, 2.45) is 5.92 Å². The summed E-state index contributed by atoms with van der Waals surface area (Å²) in [5.74, 6) is -0.796. The minimum absolute atomic E-state index is 0.180. The number of alkyl carbamates (subject to hydrolysis) is 1. The first-order valence-electron chi connectivity index (χ1n) is 14.6. The molecule has 0 aliphatic carbocycles. The Hall–Kier alpha value is -3.87. The van der Waals surface area contributed by atoms with E-state index in [2.05, 4.69) is 10.6 Å². The number of aryl methyl sites for hydroxylation is 1. The zero-order valence-electron chi connectivity index (χ0n) is 25.5. The lowest BCUT2D eigenvalue weighted by Crippen LogP contribution is -2.55. The van der Waals surface area contributed by atoms with Crippen LogP contribution in [0.2, 0.25) is 0 Å². The van der Waals surface area contributed by atoms with Crippen molar-refractivity contribution >= 4 is 34.4 Å². The van der Waals surface area contributed by atoms with Gasteiger partial charge in [0.15, 0.2) is 0 Å². The highest BCUT2D eigenvalue weighted by Gasteiger charge is 2.38. The topological polar surface area (TPSA) is 87.7 Å². The van der Waals surface area contributed by atoms with Gasteiger partial charge in [0.1, 0.15) is 17.7 Å². The smallest absolute Gasteiger partial charge is 0.408 e. The summed E-state index contributed by atoms with van der Waals surface area (Å²) in [6, 6.07) is 19.7. The molecular weight excluding hydrogens is 514 g/mol. The summed E-state index contributed by atoms with van der Waals surface area (Å²) in [6.07, 6.45) is 1.55. The number of fused-ring (bicyclic) bond motifs is 1. The van der Waals surface area contributed by atoms with Crippen LogP contribution in [0.5, 0.6) is 0 Å². The van der Waals surface area contributed by atoms with Crippen LogP contribution in [0.15, 0.2) is 66.7 Å². The van der Waals surface area contributed by atoms with Crippen LogP contribution in [-0.4, -0.2) is 41.0 Å². The molecule has 220 valence electrons. The van der Waals surface area contributed by atoms with Crippen LogP contribution in [0.1, 0.15) is 78.0 Å². The molecular formula is C34H45N3O4. The van der Waals surface area contributed by atoms with Gasteiger partial charge in [0.25, 0.3) is 5.91 Å². The van der Waals surface area contributed by atoms with E-state index in [-0.39, 0.29) is 17.7 Å². The molecule has 0 bridgehead atoms. The number of hydrogen-bond acceptors (Lipinski definition) is 4. The summed E-state index contributed by atoms with van der Waals surface area (Å²) in [5, 5.41) is 7.98. The van der Waals surface area contributed by atoms with Gasteiger partial charge in [-0.05, 0) is 68.5 Å². The number of hydrogen-bond donors (Lipinski definition) is 2. The number of anilines is 1. The molecule has 0 aromatic heterocycles. The van der Waals surface area contributed by atoms with Crippen molar-refractivity contribution in [3.05, 3.63) is 77.9 Å². The van der Waals surface area contributed by atoms with Gasteiger partial charge in [0.2, 0.25) is 5.91 Å². The lowest BCUT2D eigenvalue weighted by atomic mass is 9.95. The number of rotatable bonds is 11. The number of ether oxygens (including phenoxy) is 1. The van der Waals surface area contributed by atoms with E-state index in [0.29, 0.717) is 30.6 Å². The maximum Gasteiger partial charge on any atom is 0.408 e. The fourth-order valence-electron chi connectivity index (χ4n) is 4.78. The number of carbonyl (C=O) groups is 3. The van der Waals surface area contributed by atoms with Crippen molar-refractivity contribution in [3.63, 3.8) is 0 Å². The fraction of sp³-hybridized carbons (Fsp3) is 0.441. The third kappa shape index (κ3) is 8.81. The highest BCUT2D eigenvalue weighted by Crippen LogP contribution is 2.28. The van der Waals surface area contributed by atoms with Gasteiger partial charge in [-0.1, -0.05) is 93.8 Å². The summed E-state index contributed by atoms with van der Waals surface area (Å²) < 4.78 is 5.50. The summed E-state index contributed by atoms with van der Waals surface area (Å²) >= 11 is 0. The summed E-state index contributed by atoms with van der Waals surface area (Å²) in [7, 11) is 0. The zero-order valence-corrected chi connectivity index (χ0v) is 25.5. The normalized spacial score (nSPS) is 13.6. The van der Waals surface area contributed by atoms with Crippen molar-refractivity contribution in [1.82, 2.24) is 10.2 Å². The molecule has 3 aromatic rings. The Kier molecular flexibility index (Phi) is 10.9. The molecule has 7 nitrogen and oxygen atoms in total. The van der Waals surface area contributed by atoms with Gasteiger partial charge in [-0.3, -0.25) is 9.59 Å². The second-order valence-corrected chi connectivity index (χ2v) is 11.8. The Labute approximate surface area is 244 Å². The lowest BCUT2D eigenvalue weighted by Gasteiger charge is -2.36. The molecule has 0 radical (unpaired) electrons. The van der Waals surface area contributed by atoms with Crippen LogP contribution in [0.3, 0.4) is 0 Å². The molecule has 0 spiro atoms. The van der Waals surface area contributed by atoms with Crippen LogP contribution in [0, 0.1) is 12.8 Å².